The van der Waals surface area contributed by atoms with E-state index >= 15 is 0 Å². The number of rotatable bonds is 8. The van der Waals surface area contributed by atoms with Gasteiger partial charge in [0.25, 0.3) is 0 Å². The number of hydrogen-bond acceptors (Lipinski definition) is 8. The molecule has 34 heavy (non-hydrogen) atoms. The maximum Gasteiger partial charge on any atom is 0.222 e. The number of hydrogen-bond donors (Lipinski definition) is 2. The molecule has 0 atom stereocenters. The minimum atomic E-state index is -3.52. The van der Waals surface area contributed by atoms with Crippen LogP contribution in [0.1, 0.15) is 12.8 Å². The van der Waals surface area contributed by atoms with E-state index in [0.717, 1.165) is 12.8 Å². The Morgan fingerprint density at radius 3 is 2.65 bits per heavy atom. The van der Waals surface area contributed by atoms with Crippen LogP contribution in [0.4, 0.5) is 15.9 Å². The molecule has 9 nitrogen and oxygen atoms in total. The number of piperidine rings is 1. The first-order valence-corrected chi connectivity index (χ1v) is 13.1. The van der Waals surface area contributed by atoms with Crippen molar-refractivity contribution in [2.45, 2.75) is 12.8 Å². The quantitative estimate of drug-likeness (QED) is 0.434. The highest BCUT2D eigenvalue weighted by molar-refractivity contribution is 9.10. The molecule has 2 aromatic carbocycles. The molecule has 1 saturated heterocycles. The van der Waals surface area contributed by atoms with Gasteiger partial charge in [-0.05, 0) is 56.1 Å². The summed E-state index contributed by atoms with van der Waals surface area (Å²) in [4.78, 5) is 10.4. The number of halogens is 2. The third-order valence-corrected chi connectivity index (χ3v) is 6.87. The third-order valence-electron chi connectivity index (χ3n) is 5.65. The average Bonchev–Trinajstić information content (AvgIpc) is 2.79. The number of ether oxygens (including phenoxy) is 2. The van der Waals surface area contributed by atoms with Crippen molar-refractivity contribution in [1.29, 1.82) is 0 Å². The molecule has 3 aromatic rings. The lowest BCUT2D eigenvalue weighted by Gasteiger charge is -2.31. The van der Waals surface area contributed by atoms with Gasteiger partial charge in [-0.15, -0.1) is 0 Å². The summed E-state index contributed by atoms with van der Waals surface area (Å²) in [6.07, 6.45) is 3.01. The van der Waals surface area contributed by atoms with Crippen molar-refractivity contribution in [3.63, 3.8) is 0 Å². The highest BCUT2D eigenvalue weighted by Gasteiger charge is 2.23. The first-order valence-electron chi connectivity index (χ1n) is 10.6. The number of aromatic nitrogens is 2. The zero-order chi connectivity index (χ0) is 24.3. The lowest BCUT2D eigenvalue weighted by atomic mass is 9.98. The van der Waals surface area contributed by atoms with Crippen LogP contribution in [0.25, 0.3) is 10.9 Å². The normalized spacial score (nSPS) is 15.4. The number of nitrogens with two attached hydrogens (primary N) is 1. The first kappa shape index (κ1) is 24.6. The van der Waals surface area contributed by atoms with Gasteiger partial charge in [-0.1, -0.05) is 15.9 Å². The Morgan fingerprint density at radius 2 is 1.97 bits per heavy atom. The fourth-order valence-corrected chi connectivity index (χ4v) is 5.00. The van der Waals surface area contributed by atoms with Crippen molar-refractivity contribution in [1.82, 2.24) is 14.9 Å². The Morgan fingerprint density at radius 1 is 1.21 bits per heavy atom. The van der Waals surface area contributed by atoms with Crippen molar-refractivity contribution in [2.24, 2.45) is 11.1 Å². The van der Waals surface area contributed by atoms with Gasteiger partial charge >= 0.3 is 0 Å². The molecule has 0 radical (unpaired) electrons. The van der Waals surface area contributed by atoms with E-state index in [1.807, 2.05) is 4.90 Å². The van der Waals surface area contributed by atoms with Crippen LogP contribution in [0.3, 0.4) is 0 Å². The summed E-state index contributed by atoms with van der Waals surface area (Å²) >= 11 is 3.25. The molecule has 0 spiro atoms. The van der Waals surface area contributed by atoms with Gasteiger partial charge in [0.05, 0.1) is 24.9 Å². The summed E-state index contributed by atoms with van der Waals surface area (Å²) in [6.45, 7) is 1.76. The van der Waals surface area contributed by atoms with Crippen LogP contribution in [0, 0.1) is 11.7 Å². The molecule has 3 N–H and O–H groups in total. The lowest BCUT2D eigenvalue weighted by Crippen LogP contribution is -2.40. The number of primary sulfonamides is 1. The standard InChI is InChI=1S/C22H25BrFN5O4S/c1-32-20-9-16-19(26-12-27-22(16)28-18-3-2-15(23)8-17(18)24)10-21(20)33-11-14-4-6-29(7-5-14)13-34(25,30)31/h2-3,8-10,12,14H,4-7,11,13H2,1H3,(H2,25,30,31)(H,26,27,28). The molecule has 182 valence electrons. The van der Waals surface area contributed by atoms with E-state index < -0.39 is 15.8 Å². The molecule has 1 aliphatic rings. The molecule has 0 unspecified atom stereocenters. The van der Waals surface area contributed by atoms with Gasteiger partial charge in [0, 0.05) is 15.9 Å². The highest BCUT2D eigenvalue weighted by Crippen LogP contribution is 2.36. The van der Waals surface area contributed by atoms with Gasteiger partial charge in [-0.25, -0.2) is 27.9 Å². The second kappa shape index (κ2) is 10.4. The Bertz CT molecular complexity index is 1290. The Labute approximate surface area is 205 Å². The Hall–Kier alpha value is -2.54. The molecular formula is C22H25BrFN5O4S. The molecule has 1 aliphatic heterocycles. The number of methoxy groups -OCH3 is 1. The van der Waals surface area contributed by atoms with Gasteiger partial charge in [-0.2, -0.15) is 0 Å². The van der Waals surface area contributed by atoms with E-state index in [9.17, 15) is 12.8 Å². The van der Waals surface area contributed by atoms with Crippen molar-refractivity contribution >= 4 is 48.4 Å². The van der Waals surface area contributed by atoms with Gasteiger partial charge in [0.1, 0.15) is 23.8 Å². The molecule has 12 heteroatoms. The van der Waals surface area contributed by atoms with Crippen LogP contribution in [0.5, 0.6) is 11.5 Å². The minimum absolute atomic E-state index is 0.126. The zero-order valence-electron chi connectivity index (χ0n) is 18.5. The SMILES string of the molecule is COc1cc2c(Nc3ccc(Br)cc3F)ncnc2cc1OCC1CCN(CS(N)(=O)=O)CC1. The van der Waals surface area contributed by atoms with Crippen LogP contribution in [0.15, 0.2) is 41.1 Å². The van der Waals surface area contributed by atoms with Crippen LogP contribution in [-0.4, -0.2) is 56.0 Å². The summed E-state index contributed by atoms with van der Waals surface area (Å²) in [5.41, 5.74) is 0.907. The van der Waals surface area contributed by atoms with Crippen molar-refractivity contribution < 1.29 is 22.3 Å². The summed E-state index contributed by atoms with van der Waals surface area (Å²) in [5.74, 6) is 1.23. The number of benzene rings is 2. The molecule has 1 aromatic heterocycles. The maximum atomic E-state index is 14.3. The highest BCUT2D eigenvalue weighted by atomic mass is 79.9. The van der Waals surface area contributed by atoms with Gasteiger partial charge < -0.3 is 14.8 Å². The number of sulfonamides is 1. The summed E-state index contributed by atoms with van der Waals surface area (Å²) in [6, 6.07) is 8.27. The van der Waals surface area contributed by atoms with E-state index in [1.54, 1.807) is 31.4 Å². The molecule has 1 fully saturated rings. The van der Waals surface area contributed by atoms with Crippen LogP contribution in [-0.2, 0) is 10.0 Å². The van der Waals surface area contributed by atoms with Crippen molar-refractivity contribution in [2.75, 3.05) is 38.0 Å². The van der Waals surface area contributed by atoms with Crippen LogP contribution in [0.2, 0.25) is 0 Å². The third kappa shape index (κ3) is 6.12. The molecule has 0 aliphatic carbocycles. The number of likely N-dealkylation sites (tertiary alicyclic amines) is 1. The van der Waals surface area contributed by atoms with Gasteiger partial charge in [0.2, 0.25) is 10.0 Å². The molecule has 0 bridgehead atoms. The second-order valence-electron chi connectivity index (χ2n) is 8.16. The minimum Gasteiger partial charge on any atom is -0.493 e. The second-order valence-corrected chi connectivity index (χ2v) is 10.7. The largest absolute Gasteiger partial charge is 0.493 e. The Balaban J connectivity index is 1.48. The zero-order valence-corrected chi connectivity index (χ0v) is 20.9. The first-order chi connectivity index (χ1) is 16.2. The lowest BCUT2D eigenvalue weighted by molar-refractivity contribution is 0.152. The number of fused-ring (bicyclic) bond motifs is 1. The van der Waals surface area contributed by atoms with Crippen molar-refractivity contribution in [3.8, 4) is 11.5 Å². The number of nitrogens with one attached hydrogen (secondary N) is 1. The summed E-state index contributed by atoms with van der Waals surface area (Å²) < 4.78 is 49.1. The number of anilines is 2. The average molecular weight is 554 g/mol. The van der Waals surface area contributed by atoms with Crippen LogP contribution < -0.4 is 19.9 Å². The smallest absolute Gasteiger partial charge is 0.222 e. The molecular weight excluding hydrogens is 529 g/mol. The number of nitrogens with zero attached hydrogens (tertiary/aromatic N) is 3. The van der Waals surface area contributed by atoms with Gasteiger partial charge in [-0.3, -0.25) is 4.90 Å². The van der Waals surface area contributed by atoms with E-state index in [1.165, 1.54) is 12.4 Å². The monoisotopic (exact) mass is 553 g/mol. The summed E-state index contributed by atoms with van der Waals surface area (Å²) in [5, 5.41) is 8.81. The molecule has 0 amide bonds. The van der Waals surface area contributed by atoms with E-state index in [4.69, 9.17) is 14.6 Å². The maximum absolute atomic E-state index is 14.3. The van der Waals surface area contributed by atoms with Crippen LogP contribution >= 0.6 is 15.9 Å². The molecule has 4 rings (SSSR count). The van der Waals surface area contributed by atoms with E-state index in [0.29, 0.717) is 52.4 Å². The predicted molar refractivity (Wildman–Crippen MR) is 131 cm³/mol. The van der Waals surface area contributed by atoms with Crippen molar-refractivity contribution in [3.05, 3.63) is 46.9 Å². The van der Waals surface area contributed by atoms with E-state index in [2.05, 4.69) is 31.2 Å². The Kier molecular flexibility index (Phi) is 7.51. The summed E-state index contributed by atoms with van der Waals surface area (Å²) in [7, 11) is -1.97. The molecule has 2 heterocycles. The fourth-order valence-electron chi connectivity index (χ4n) is 3.90. The van der Waals surface area contributed by atoms with E-state index in [-0.39, 0.29) is 17.5 Å². The molecule has 0 saturated carbocycles. The topological polar surface area (TPSA) is 120 Å². The van der Waals surface area contributed by atoms with Gasteiger partial charge in [0.15, 0.2) is 11.5 Å². The predicted octanol–water partition coefficient (Wildman–Crippen LogP) is 3.62. The fraction of sp³-hybridized carbons (Fsp3) is 0.364.